The molecule has 0 saturated carbocycles. The van der Waals surface area contributed by atoms with Gasteiger partial charge in [-0.2, -0.15) is 0 Å². The van der Waals surface area contributed by atoms with Crippen molar-refractivity contribution in [2.45, 2.75) is 26.8 Å². The SMILES string of the molecule is CC(C)C1(C(=O)O)CCN(Cc2cccc([N+](=O)[O-])c2)C1. The lowest BCUT2D eigenvalue weighted by Crippen LogP contribution is -2.39. The maximum Gasteiger partial charge on any atom is 0.311 e. The number of rotatable bonds is 5. The second-order valence-electron chi connectivity index (χ2n) is 6.00. The second kappa shape index (κ2) is 5.81. The number of carbonyl (C=O) groups is 1. The van der Waals surface area contributed by atoms with Crippen LogP contribution in [0.1, 0.15) is 25.8 Å². The molecule has 0 aromatic heterocycles. The summed E-state index contributed by atoms with van der Waals surface area (Å²) in [7, 11) is 0. The van der Waals surface area contributed by atoms with Gasteiger partial charge in [0, 0.05) is 25.2 Å². The van der Waals surface area contributed by atoms with Gasteiger partial charge in [-0.3, -0.25) is 19.8 Å². The van der Waals surface area contributed by atoms with Crippen LogP contribution in [0.5, 0.6) is 0 Å². The fourth-order valence-electron chi connectivity index (χ4n) is 2.97. The van der Waals surface area contributed by atoms with Gasteiger partial charge in [0.05, 0.1) is 10.3 Å². The quantitative estimate of drug-likeness (QED) is 0.666. The highest BCUT2D eigenvalue weighted by molar-refractivity contribution is 5.75. The van der Waals surface area contributed by atoms with Crippen molar-refractivity contribution in [2.75, 3.05) is 13.1 Å². The number of hydrogen-bond donors (Lipinski definition) is 1. The molecule has 1 unspecified atom stereocenters. The highest BCUT2D eigenvalue weighted by Crippen LogP contribution is 2.38. The summed E-state index contributed by atoms with van der Waals surface area (Å²) >= 11 is 0. The Hall–Kier alpha value is -1.95. The minimum Gasteiger partial charge on any atom is -0.481 e. The Labute approximate surface area is 123 Å². The predicted octanol–water partition coefficient (Wildman–Crippen LogP) is 2.53. The van der Waals surface area contributed by atoms with Crippen molar-refractivity contribution < 1.29 is 14.8 Å². The van der Waals surface area contributed by atoms with Crippen molar-refractivity contribution in [3.63, 3.8) is 0 Å². The lowest BCUT2D eigenvalue weighted by Gasteiger charge is -2.28. The lowest BCUT2D eigenvalue weighted by molar-refractivity contribution is -0.384. The number of likely N-dealkylation sites (tertiary alicyclic amines) is 1. The second-order valence-corrected chi connectivity index (χ2v) is 6.00. The van der Waals surface area contributed by atoms with Gasteiger partial charge in [0.15, 0.2) is 0 Å². The summed E-state index contributed by atoms with van der Waals surface area (Å²) in [5, 5.41) is 20.3. The largest absolute Gasteiger partial charge is 0.481 e. The van der Waals surface area contributed by atoms with Gasteiger partial charge in [-0.05, 0) is 24.4 Å². The van der Waals surface area contributed by atoms with Crippen LogP contribution in [-0.4, -0.2) is 34.0 Å². The van der Waals surface area contributed by atoms with Crippen LogP contribution in [0.15, 0.2) is 24.3 Å². The van der Waals surface area contributed by atoms with Gasteiger partial charge in [-0.1, -0.05) is 26.0 Å². The molecular formula is C15H20N2O4. The molecule has 0 amide bonds. The molecule has 1 aliphatic rings. The number of hydrogen-bond acceptors (Lipinski definition) is 4. The molecule has 114 valence electrons. The van der Waals surface area contributed by atoms with Crippen molar-refractivity contribution in [3.05, 3.63) is 39.9 Å². The predicted molar refractivity (Wildman–Crippen MR) is 77.9 cm³/mol. The van der Waals surface area contributed by atoms with Crippen LogP contribution in [0.3, 0.4) is 0 Å². The number of nitro benzene ring substituents is 1. The van der Waals surface area contributed by atoms with Crippen molar-refractivity contribution >= 4 is 11.7 Å². The molecule has 1 aliphatic heterocycles. The van der Waals surface area contributed by atoms with Crippen LogP contribution < -0.4 is 0 Å². The first-order chi connectivity index (χ1) is 9.85. The molecule has 6 nitrogen and oxygen atoms in total. The highest BCUT2D eigenvalue weighted by atomic mass is 16.6. The molecule has 0 spiro atoms. The summed E-state index contributed by atoms with van der Waals surface area (Å²) in [4.78, 5) is 24.0. The van der Waals surface area contributed by atoms with E-state index in [9.17, 15) is 20.0 Å². The van der Waals surface area contributed by atoms with Crippen LogP contribution in [0.2, 0.25) is 0 Å². The van der Waals surface area contributed by atoms with Gasteiger partial charge in [-0.25, -0.2) is 0 Å². The van der Waals surface area contributed by atoms with Crippen molar-refractivity contribution in [1.29, 1.82) is 0 Å². The van der Waals surface area contributed by atoms with Gasteiger partial charge < -0.3 is 5.11 Å². The fraction of sp³-hybridized carbons (Fsp3) is 0.533. The third-order valence-electron chi connectivity index (χ3n) is 4.44. The first-order valence-electron chi connectivity index (χ1n) is 7.04. The van der Waals surface area contributed by atoms with Crippen LogP contribution in [0.4, 0.5) is 5.69 Å². The first-order valence-corrected chi connectivity index (χ1v) is 7.04. The molecule has 1 heterocycles. The summed E-state index contributed by atoms with van der Waals surface area (Å²) in [6.07, 6.45) is 0.620. The zero-order valence-corrected chi connectivity index (χ0v) is 12.3. The molecular weight excluding hydrogens is 272 g/mol. The maximum absolute atomic E-state index is 11.6. The van der Waals surface area contributed by atoms with Gasteiger partial charge in [-0.15, -0.1) is 0 Å². The van der Waals surface area contributed by atoms with Crippen molar-refractivity contribution in [3.8, 4) is 0 Å². The maximum atomic E-state index is 11.6. The number of nitrogens with zero attached hydrogens (tertiary/aromatic N) is 2. The molecule has 1 saturated heterocycles. The Kier molecular flexibility index (Phi) is 4.27. The molecule has 21 heavy (non-hydrogen) atoms. The minimum atomic E-state index is -0.751. The van der Waals surface area contributed by atoms with E-state index in [-0.39, 0.29) is 11.6 Å². The Morgan fingerprint density at radius 3 is 2.76 bits per heavy atom. The summed E-state index contributed by atoms with van der Waals surface area (Å²) in [5.74, 6) is -0.691. The first kappa shape index (κ1) is 15.4. The number of carboxylic acids is 1. The molecule has 0 aliphatic carbocycles. The molecule has 1 aromatic carbocycles. The van der Waals surface area contributed by atoms with Crippen molar-refractivity contribution in [1.82, 2.24) is 4.90 Å². The van der Waals surface area contributed by atoms with E-state index in [4.69, 9.17) is 0 Å². The van der Waals surface area contributed by atoms with E-state index in [0.717, 1.165) is 5.56 Å². The van der Waals surface area contributed by atoms with Gasteiger partial charge >= 0.3 is 5.97 Å². The molecule has 1 N–H and O–H groups in total. The summed E-state index contributed by atoms with van der Waals surface area (Å²) in [6.45, 7) is 5.61. The zero-order chi connectivity index (χ0) is 15.6. The summed E-state index contributed by atoms with van der Waals surface area (Å²) in [5.41, 5.74) is 0.204. The van der Waals surface area contributed by atoms with E-state index in [2.05, 4.69) is 4.90 Å². The number of nitro groups is 1. The normalized spacial score (nSPS) is 22.6. The Balaban J connectivity index is 2.11. The topological polar surface area (TPSA) is 83.7 Å². The molecule has 0 bridgehead atoms. The molecule has 1 atom stereocenters. The van der Waals surface area contributed by atoms with Crippen LogP contribution in [0.25, 0.3) is 0 Å². The van der Waals surface area contributed by atoms with Crippen LogP contribution >= 0.6 is 0 Å². The van der Waals surface area contributed by atoms with E-state index in [0.29, 0.717) is 26.1 Å². The van der Waals surface area contributed by atoms with Gasteiger partial charge in [0.2, 0.25) is 0 Å². The van der Waals surface area contributed by atoms with E-state index < -0.39 is 16.3 Å². The highest BCUT2D eigenvalue weighted by Gasteiger charge is 2.47. The zero-order valence-electron chi connectivity index (χ0n) is 12.3. The molecule has 0 radical (unpaired) electrons. The average Bonchev–Trinajstić information content (AvgIpc) is 2.84. The number of carboxylic acid groups (broad SMARTS) is 1. The third kappa shape index (κ3) is 3.05. The van der Waals surface area contributed by atoms with Gasteiger partial charge in [0.25, 0.3) is 5.69 Å². The fourth-order valence-corrected chi connectivity index (χ4v) is 2.97. The number of benzene rings is 1. The Morgan fingerprint density at radius 1 is 1.52 bits per heavy atom. The Morgan fingerprint density at radius 2 is 2.24 bits per heavy atom. The summed E-state index contributed by atoms with van der Waals surface area (Å²) in [6, 6.07) is 6.51. The molecule has 1 aromatic rings. The molecule has 1 fully saturated rings. The van der Waals surface area contributed by atoms with E-state index in [1.54, 1.807) is 12.1 Å². The van der Waals surface area contributed by atoms with E-state index in [1.165, 1.54) is 6.07 Å². The Bertz CT molecular complexity index is 558. The average molecular weight is 292 g/mol. The van der Waals surface area contributed by atoms with E-state index >= 15 is 0 Å². The third-order valence-corrected chi connectivity index (χ3v) is 4.44. The van der Waals surface area contributed by atoms with Crippen LogP contribution in [-0.2, 0) is 11.3 Å². The van der Waals surface area contributed by atoms with Crippen LogP contribution in [0, 0.1) is 21.4 Å². The standard InChI is InChI=1S/C15H20N2O4/c1-11(2)15(14(18)19)6-7-16(10-15)9-12-4-3-5-13(8-12)17(20)21/h3-5,8,11H,6-7,9-10H2,1-2H3,(H,18,19). The van der Waals surface area contributed by atoms with Crippen molar-refractivity contribution in [2.24, 2.45) is 11.3 Å². The minimum absolute atomic E-state index is 0.0603. The lowest BCUT2D eigenvalue weighted by atomic mass is 9.76. The number of non-ortho nitro benzene ring substituents is 1. The number of aliphatic carboxylic acids is 1. The molecule has 6 heteroatoms. The smallest absolute Gasteiger partial charge is 0.311 e. The summed E-state index contributed by atoms with van der Waals surface area (Å²) < 4.78 is 0. The van der Waals surface area contributed by atoms with Gasteiger partial charge in [0.1, 0.15) is 0 Å². The van der Waals surface area contributed by atoms with E-state index in [1.807, 2.05) is 19.9 Å². The monoisotopic (exact) mass is 292 g/mol. The molecule has 2 rings (SSSR count).